The molecule has 2 bridgehead atoms. The second kappa shape index (κ2) is 12.2. The maximum Gasteiger partial charge on any atom is 0.253 e. The monoisotopic (exact) mass is 582 g/mol. The van der Waals surface area contributed by atoms with Crippen LogP contribution in [0.2, 0.25) is 0 Å². The molecule has 0 radical (unpaired) electrons. The minimum atomic E-state index is 0.0693. The Morgan fingerprint density at radius 2 is 1.77 bits per heavy atom. The zero-order valence-corrected chi connectivity index (χ0v) is 27.3. The van der Waals surface area contributed by atoms with Gasteiger partial charge in [0.1, 0.15) is 5.75 Å². The normalized spacial score (nSPS) is 22.9. The molecular formula is C37H50N4O2. The number of rotatable bonds is 8. The zero-order chi connectivity index (χ0) is 30.4. The van der Waals surface area contributed by atoms with Crippen molar-refractivity contribution in [3.05, 3.63) is 85.8 Å². The van der Waals surface area contributed by atoms with Crippen molar-refractivity contribution in [3.63, 3.8) is 0 Å². The number of methoxy groups -OCH3 is 1. The van der Waals surface area contributed by atoms with E-state index in [0.29, 0.717) is 24.0 Å². The zero-order valence-electron chi connectivity index (χ0n) is 27.3. The van der Waals surface area contributed by atoms with Crippen molar-refractivity contribution in [1.29, 1.82) is 0 Å². The Labute approximate surface area is 258 Å². The van der Waals surface area contributed by atoms with Gasteiger partial charge in [-0.25, -0.2) is 0 Å². The van der Waals surface area contributed by atoms with E-state index in [1.54, 1.807) is 10.1 Å². The molecule has 2 aromatic carbocycles. The number of hydrogen-bond acceptors (Lipinski definition) is 5. The van der Waals surface area contributed by atoms with E-state index in [9.17, 15) is 4.79 Å². The van der Waals surface area contributed by atoms with Gasteiger partial charge >= 0.3 is 0 Å². The Bertz CT molecular complexity index is 1560. The van der Waals surface area contributed by atoms with Crippen LogP contribution >= 0.6 is 0 Å². The number of piperazine rings is 1. The van der Waals surface area contributed by atoms with Crippen molar-refractivity contribution in [2.24, 2.45) is 7.05 Å². The lowest BCUT2D eigenvalue weighted by molar-refractivity contribution is -0.0298. The first-order valence-electron chi connectivity index (χ1n) is 16.4. The third-order valence-corrected chi connectivity index (χ3v) is 10.9. The average Bonchev–Trinajstić information content (AvgIpc) is 3.02. The molecule has 230 valence electrons. The SMILES string of the molecule is CCC(C)c1cc(-c2cn(C)c(=O)c(C)c2C)cc(OC)c1CN1CC2CCC1CN2Cc1cccc2c1CCNC2C. The average molecular weight is 583 g/mol. The first-order chi connectivity index (χ1) is 20.7. The number of benzene rings is 2. The molecule has 4 atom stereocenters. The number of aromatic nitrogens is 1. The van der Waals surface area contributed by atoms with E-state index < -0.39 is 0 Å². The number of ether oxygens (including phenoxy) is 1. The minimum Gasteiger partial charge on any atom is -0.496 e. The first-order valence-corrected chi connectivity index (χ1v) is 16.4. The number of nitrogens with one attached hydrogen (secondary N) is 1. The van der Waals surface area contributed by atoms with Crippen molar-refractivity contribution in [1.82, 2.24) is 19.7 Å². The molecule has 0 saturated carbocycles. The summed E-state index contributed by atoms with van der Waals surface area (Å²) in [5.41, 5.74) is 11.5. The highest BCUT2D eigenvalue weighted by Crippen LogP contribution is 2.40. The third kappa shape index (κ3) is 5.58. The van der Waals surface area contributed by atoms with E-state index in [4.69, 9.17) is 4.74 Å². The van der Waals surface area contributed by atoms with Crippen LogP contribution in [0.15, 0.2) is 41.3 Å². The van der Waals surface area contributed by atoms with Crippen molar-refractivity contribution in [2.75, 3.05) is 26.7 Å². The molecule has 4 aliphatic rings. The molecule has 4 unspecified atom stereocenters. The summed E-state index contributed by atoms with van der Waals surface area (Å²) < 4.78 is 7.85. The van der Waals surface area contributed by atoms with E-state index >= 15 is 0 Å². The summed E-state index contributed by atoms with van der Waals surface area (Å²) in [5, 5.41) is 3.63. The van der Waals surface area contributed by atoms with Crippen LogP contribution < -0.4 is 15.6 Å². The summed E-state index contributed by atoms with van der Waals surface area (Å²) in [7, 11) is 3.65. The maximum atomic E-state index is 12.6. The van der Waals surface area contributed by atoms with E-state index in [1.807, 2.05) is 27.3 Å². The van der Waals surface area contributed by atoms with Gasteiger partial charge in [0.2, 0.25) is 0 Å². The Balaban J connectivity index is 1.27. The molecular weight excluding hydrogens is 532 g/mol. The maximum absolute atomic E-state index is 12.6. The topological polar surface area (TPSA) is 49.7 Å². The standard InChI is InChI=1S/C37H50N4O2/c1-8-23(2)33-16-28(34-21-39(6)37(42)25(4)24(34)3)17-36(43-7)35(33)22-41-20-29-12-13-30(41)19-40(29)18-27-10-9-11-31-26(5)38-15-14-32(27)31/h9-11,16-17,21,23,26,29-30,38H,8,12-15,18-20,22H2,1-7H3. The van der Waals surface area contributed by atoms with Gasteiger partial charge in [0.25, 0.3) is 5.56 Å². The van der Waals surface area contributed by atoms with Crippen LogP contribution in [-0.2, 0) is 26.6 Å². The third-order valence-electron chi connectivity index (χ3n) is 10.9. The fourth-order valence-corrected chi connectivity index (χ4v) is 7.95. The van der Waals surface area contributed by atoms with Gasteiger partial charge in [-0.1, -0.05) is 38.1 Å². The van der Waals surface area contributed by atoms with E-state index in [0.717, 1.165) is 73.6 Å². The molecule has 3 aromatic rings. The van der Waals surface area contributed by atoms with Gasteiger partial charge < -0.3 is 14.6 Å². The molecule has 5 heterocycles. The van der Waals surface area contributed by atoms with Gasteiger partial charge in [0.05, 0.1) is 7.11 Å². The molecule has 3 fully saturated rings. The fourth-order valence-electron chi connectivity index (χ4n) is 7.95. The quantitative estimate of drug-likeness (QED) is 0.341. The van der Waals surface area contributed by atoms with Crippen LogP contribution in [0.5, 0.6) is 5.75 Å². The number of nitrogens with zero attached hydrogens (tertiary/aromatic N) is 3. The van der Waals surface area contributed by atoms with Crippen LogP contribution in [0, 0.1) is 13.8 Å². The molecule has 3 saturated heterocycles. The molecule has 7 rings (SSSR count). The van der Waals surface area contributed by atoms with Gasteiger partial charge in [-0.2, -0.15) is 0 Å². The van der Waals surface area contributed by atoms with Crippen LogP contribution in [0.1, 0.15) is 90.9 Å². The lowest BCUT2D eigenvalue weighted by Crippen LogP contribution is -2.61. The molecule has 1 N–H and O–H groups in total. The van der Waals surface area contributed by atoms with E-state index in [-0.39, 0.29) is 5.56 Å². The predicted molar refractivity (Wildman–Crippen MR) is 176 cm³/mol. The number of pyridine rings is 1. The van der Waals surface area contributed by atoms with E-state index in [1.165, 1.54) is 35.1 Å². The first kappa shape index (κ1) is 30.1. The number of aryl methyl sites for hydroxylation is 1. The van der Waals surface area contributed by atoms with E-state index in [2.05, 4.69) is 73.1 Å². The summed E-state index contributed by atoms with van der Waals surface area (Å²) >= 11 is 0. The molecule has 0 spiro atoms. The molecule has 6 heteroatoms. The summed E-state index contributed by atoms with van der Waals surface area (Å²) in [6.07, 6.45) is 6.74. The highest BCUT2D eigenvalue weighted by Gasteiger charge is 2.39. The van der Waals surface area contributed by atoms with Crippen LogP contribution in [0.4, 0.5) is 0 Å². The molecule has 0 aliphatic carbocycles. The Hall–Kier alpha value is -2.93. The molecule has 1 aromatic heterocycles. The lowest BCUT2D eigenvalue weighted by Gasteiger charge is -2.52. The van der Waals surface area contributed by atoms with Gasteiger partial charge in [-0.3, -0.25) is 14.6 Å². The largest absolute Gasteiger partial charge is 0.496 e. The number of fused-ring (bicyclic) bond motifs is 4. The molecule has 0 amide bonds. The number of hydrogen-bond donors (Lipinski definition) is 1. The minimum absolute atomic E-state index is 0.0693. The smallest absolute Gasteiger partial charge is 0.253 e. The van der Waals surface area contributed by atoms with Crippen molar-refractivity contribution < 1.29 is 4.74 Å². The fraction of sp³-hybridized carbons (Fsp3) is 0.541. The summed E-state index contributed by atoms with van der Waals surface area (Å²) in [6.45, 7) is 16.2. The molecule has 43 heavy (non-hydrogen) atoms. The second-order valence-electron chi connectivity index (χ2n) is 13.4. The number of piperidine rings is 2. The Morgan fingerprint density at radius 1 is 1.05 bits per heavy atom. The summed E-state index contributed by atoms with van der Waals surface area (Å²) in [6, 6.07) is 13.1. The van der Waals surface area contributed by atoms with Gasteiger partial charge in [-0.05, 0) is 98.4 Å². The van der Waals surface area contributed by atoms with Crippen molar-refractivity contribution >= 4 is 0 Å². The lowest BCUT2D eigenvalue weighted by atomic mass is 9.86. The molecule has 4 aliphatic heterocycles. The summed E-state index contributed by atoms with van der Waals surface area (Å²) in [4.78, 5) is 18.1. The van der Waals surface area contributed by atoms with Gasteiger partial charge in [0.15, 0.2) is 0 Å². The van der Waals surface area contributed by atoms with Crippen LogP contribution in [0.25, 0.3) is 11.1 Å². The Kier molecular flexibility index (Phi) is 8.56. The van der Waals surface area contributed by atoms with Gasteiger partial charge in [-0.15, -0.1) is 0 Å². The van der Waals surface area contributed by atoms with Crippen LogP contribution in [-0.4, -0.2) is 53.2 Å². The summed E-state index contributed by atoms with van der Waals surface area (Å²) in [5.74, 6) is 1.38. The predicted octanol–water partition coefficient (Wildman–Crippen LogP) is 6.25. The highest BCUT2D eigenvalue weighted by atomic mass is 16.5. The highest BCUT2D eigenvalue weighted by molar-refractivity contribution is 5.71. The van der Waals surface area contributed by atoms with Crippen LogP contribution in [0.3, 0.4) is 0 Å². The van der Waals surface area contributed by atoms with Crippen molar-refractivity contribution in [2.45, 2.75) is 97.4 Å². The Morgan fingerprint density at radius 3 is 2.44 bits per heavy atom. The second-order valence-corrected chi connectivity index (χ2v) is 13.4. The van der Waals surface area contributed by atoms with Crippen molar-refractivity contribution in [3.8, 4) is 16.9 Å². The van der Waals surface area contributed by atoms with Gasteiger partial charge in [0, 0.05) is 74.2 Å². The molecule has 6 nitrogen and oxygen atoms in total.